The third-order valence-corrected chi connectivity index (χ3v) is 3.76. The SMILES string of the molecule is CCCCCC(CN(O)C=O)C(=O)N(CCCC)NC(=O)NC(C)(C)C. The molecule has 0 saturated carbocycles. The van der Waals surface area contributed by atoms with Gasteiger partial charge in [0.05, 0.1) is 12.5 Å². The summed E-state index contributed by atoms with van der Waals surface area (Å²) in [5, 5.41) is 14.1. The van der Waals surface area contributed by atoms with Gasteiger partial charge in [-0.2, -0.15) is 0 Å². The predicted octanol–water partition coefficient (Wildman–Crippen LogP) is 2.67. The molecule has 0 aromatic carbocycles. The Bertz CT molecular complexity index is 437. The minimum Gasteiger partial charge on any atom is -0.332 e. The highest BCUT2D eigenvalue weighted by Crippen LogP contribution is 2.14. The summed E-state index contributed by atoms with van der Waals surface area (Å²) in [6.45, 7) is 9.91. The van der Waals surface area contributed by atoms with Gasteiger partial charge in [0.15, 0.2) is 0 Å². The lowest BCUT2D eigenvalue weighted by atomic mass is 9.99. The van der Waals surface area contributed by atoms with Gasteiger partial charge in [-0.3, -0.25) is 19.8 Å². The van der Waals surface area contributed by atoms with E-state index in [0.29, 0.717) is 18.0 Å². The van der Waals surface area contributed by atoms with Gasteiger partial charge in [0, 0.05) is 12.1 Å². The number of rotatable bonds is 11. The van der Waals surface area contributed by atoms with Gasteiger partial charge in [-0.05, 0) is 33.6 Å². The molecule has 0 bridgehead atoms. The van der Waals surface area contributed by atoms with E-state index in [4.69, 9.17) is 0 Å². The van der Waals surface area contributed by atoms with E-state index in [2.05, 4.69) is 17.7 Å². The Labute approximate surface area is 157 Å². The number of urea groups is 1. The second-order valence-electron chi connectivity index (χ2n) is 7.58. The minimum atomic E-state index is -0.566. The number of unbranched alkanes of at least 4 members (excludes halogenated alkanes) is 3. The summed E-state index contributed by atoms with van der Waals surface area (Å²) >= 11 is 0. The lowest BCUT2D eigenvalue weighted by Crippen LogP contribution is -2.56. The van der Waals surface area contributed by atoms with Crippen molar-refractivity contribution in [2.75, 3.05) is 13.1 Å². The normalized spacial score (nSPS) is 12.2. The van der Waals surface area contributed by atoms with Crippen LogP contribution in [-0.2, 0) is 9.59 Å². The maximum atomic E-state index is 12.9. The van der Waals surface area contributed by atoms with E-state index >= 15 is 0 Å². The Morgan fingerprint density at radius 1 is 1.12 bits per heavy atom. The first-order valence-electron chi connectivity index (χ1n) is 9.45. The van der Waals surface area contributed by atoms with E-state index in [1.165, 1.54) is 5.01 Å². The van der Waals surface area contributed by atoms with E-state index in [-0.39, 0.29) is 18.9 Å². The highest BCUT2D eigenvalue weighted by atomic mass is 16.5. The van der Waals surface area contributed by atoms with Crippen LogP contribution in [0.4, 0.5) is 4.79 Å². The molecule has 8 nitrogen and oxygen atoms in total. The van der Waals surface area contributed by atoms with Gasteiger partial charge >= 0.3 is 6.03 Å². The molecule has 1 unspecified atom stereocenters. The minimum absolute atomic E-state index is 0.0861. The highest BCUT2D eigenvalue weighted by Gasteiger charge is 2.27. The van der Waals surface area contributed by atoms with Crippen LogP contribution in [0.25, 0.3) is 0 Å². The molecule has 0 aromatic heterocycles. The molecular formula is C18H36N4O4. The topological polar surface area (TPSA) is 102 Å². The molecule has 152 valence electrons. The maximum absolute atomic E-state index is 12.9. The number of hydroxylamine groups is 2. The van der Waals surface area contributed by atoms with Crippen molar-refractivity contribution >= 4 is 18.3 Å². The zero-order valence-corrected chi connectivity index (χ0v) is 16.9. The van der Waals surface area contributed by atoms with Crippen LogP contribution >= 0.6 is 0 Å². The number of amides is 4. The first-order chi connectivity index (χ1) is 12.1. The van der Waals surface area contributed by atoms with Crippen molar-refractivity contribution in [2.24, 2.45) is 5.92 Å². The Morgan fingerprint density at radius 2 is 1.73 bits per heavy atom. The molecule has 0 heterocycles. The van der Waals surface area contributed by atoms with Crippen molar-refractivity contribution in [3.8, 4) is 0 Å². The quantitative estimate of drug-likeness (QED) is 0.225. The van der Waals surface area contributed by atoms with Gasteiger partial charge in [-0.1, -0.05) is 39.5 Å². The third-order valence-electron chi connectivity index (χ3n) is 3.76. The number of hydrogen-bond donors (Lipinski definition) is 3. The number of nitrogens with zero attached hydrogens (tertiary/aromatic N) is 2. The zero-order valence-electron chi connectivity index (χ0n) is 16.9. The second kappa shape index (κ2) is 12.5. The van der Waals surface area contributed by atoms with Crippen LogP contribution in [0.5, 0.6) is 0 Å². The first kappa shape index (κ1) is 24.2. The van der Waals surface area contributed by atoms with E-state index < -0.39 is 17.5 Å². The Hall–Kier alpha value is -1.83. The van der Waals surface area contributed by atoms with E-state index in [9.17, 15) is 19.6 Å². The van der Waals surface area contributed by atoms with Gasteiger partial charge in [-0.15, -0.1) is 0 Å². The third kappa shape index (κ3) is 10.9. The highest BCUT2D eigenvalue weighted by molar-refractivity contribution is 5.83. The van der Waals surface area contributed by atoms with Crippen LogP contribution in [0.1, 0.15) is 73.1 Å². The Morgan fingerprint density at radius 3 is 2.23 bits per heavy atom. The molecule has 3 N–H and O–H groups in total. The van der Waals surface area contributed by atoms with Crippen molar-refractivity contribution in [3.05, 3.63) is 0 Å². The van der Waals surface area contributed by atoms with Gasteiger partial charge in [0.1, 0.15) is 0 Å². The monoisotopic (exact) mass is 372 g/mol. The number of hydrazine groups is 1. The summed E-state index contributed by atoms with van der Waals surface area (Å²) in [5.74, 6) is -0.858. The van der Waals surface area contributed by atoms with Crippen LogP contribution in [-0.4, -0.2) is 52.3 Å². The van der Waals surface area contributed by atoms with E-state index in [0.717, 1.165) is 32.1 Å². The molecule has 0 radical (unpaired) electrons. The largest absolute Gasteiger partial charge is 0.334 e. The number of carbonyl (C=O) groups is 3. The van der Waals surface area contributed by atoms with Gasteiger partial charge in [-0.25, -0.2) is 15.3 Å². The predicted molar refractivity (Wildman–Crippen MR) is 100 cm³/mol. The molecule has 0 aromatic rings. The summed E-state index contributed by atoms with van der Waals surface area (Å²) in [4.78, 5) is 35.8. The summed E-state index contributed by atoms with van der Waals surface area (Å²) in [7, 11) is 0. The fraction of sp³-hybridized carbons (Fsp3) is 0.833. The van der Waals surface area contributed by atoms with Crippen molar-refractivity contribution in [1.29, 1.82) is 0 Å². The lowest BCUT2D eigenvalue weighted by molar-refractivity contribution is -0.157. The molecule has 0 aliphatic rings. The molecule has 0 spiro atoms. The lowest BCUT2D eigenvalue weighted by Gasteiger charge is -2.30. The summed E-state index contributed by atoms with van der Waals surface area (Å²) in [5.41, 5.74) is 2.19. The molecule has 1 atom stereocenters. The fourth-order valence-electron chi connectivity index (χ4n) is 2.45. The average Bonchev–Trinajstić information content (AvgIpc) is 2.55. The average molecular weight is 373 g/mol. The zero-order chi connectivity index (χ0) is 20.2. The van der Waals surface area contributed by atoms with Crippen molar-refractivity contribution in [2.45, 2.75) is 78.7 Å². The van der Waals surface area contributed by atoms with Crippen LogP contribution < -0.4 is 10.7 Å². The molecular weight excluding hydrogens is 336 g/mol. The smallest absolute Gasteiger partial charge is 0.332 e. The van der Waals surface area contributed by atoms with E-state index in [1.807, 2.05) is 27.7 Å². The van der Waals surface area contributed by atoms with Crippen LogP contribution in [0.2, 0.25) is 0 Å². The Kier molecular flexibility index (Phi) is 11.6. The molecule has 8 heteroatoms. The number of hydrogen-bond acceptors (Lipinski definition) is 4. The van der Waals surface area contributed by atoms with E-state index in [1.54, 1.807) is 0 Å². The standard InChI is InChI=1S/C18H36N4O4/c1-6-8-10-11-15(13-21(26)14-23)16(24)22(12-9-7-2)20-17(25)19-18(3,4)5/h14-15,26H,6-13H2,1-5H3,(H2,19,20,25). The van der Waals surface area contributed by atoms with Crippen LogP contribution in [0.3, 0.4) is 0 Å². The first-order valence-corrected chi connectivity index (χ1v) is 9.45. The van der Waals surface area contributed by atoms with Crippen molar-refractivity contribution in [1.82, 2.24) is 20.8 Å². The van der Waals surface area contributed by atoms with Crippen molar-refractivity contribution in [3.63, 3.8) is 0 Å². The summed E-state index contributed by atoms with van der Waals surface area (Å²) in [6.07, 6.45) is 5.22. The summed E-state index contributed by atoms with van der Waals surface area (Å²) < 4.78 is 0. The molecule has 26 heavy (non-hydrogen) atoms. The Balaban J connectivity index is 5.12. The van der Waals surface area contributed by atoms with Crippen molar-refractivity contribution < 1.29 is 19.6 Å². The molecule has 0 saturated heterocycles. The molecule has 4 amide bonds. The van der Waals surface area contributed by atoms with Crippen LogP contribution in [0.15, 0.2) is 0 Å². The molecule has 0 fully saturated rings. The number of carbonyl (C=O) groups excluding carboxylic acids is 3. The number of nitrogens with one attached hydrogen (secondary N) is 2. The van der Waals surface area contributed by atoms with Gasteiger partial charge in [0.25, 0.3) is 0 Å². The maximum Gasteiger partial charge on any atom is 0.334 e. The molecule has 0 aliphatic carbocycles. The van der Waals surface area contributed by atoms with Gasteiger partial charge in [0.2, 0.25) is 12.3 Å². The van der Waals surface area contributed by atoms with Gasteiger partial charge < -0.3 is 5.32 Å². The molecule has 0 rings (SSSR count). The summed E-state index contributed by atoms with van der Waals surface area (Å²) in [6, 6.07) is -0.453. The second-order valence-corrected chi connectivity index (χ2v) is 7.58. The molecule has 0 aliphatic heterocycles. The fourth-order valence-corrected chi connectivity index (χ4v) is 2.45. The van der Waals surface area contributed by atoms with Crippen LogP contribution in [0, 0.1) is 5.92 Å².